The van der Waals surface area contributed by atoms with Gasteiger partial charge in [-0.2, -0.15) is 0 Å². The van der Waals surface area contributed by atoms with E-state index in [9.17, 15) is 10.2 Å². The number of benzene rings is 2. The Morgan fingerprint density at radius 1 is 0.541 bits per heavy atom. The molecule has 0 aliphatic carbocycles. The van der Waals surface area contributed by atoms with Crippen molar-refractivity contribution in [3.8, 4) is 11.5 Å². The third-order valence-electron chi connectivity index (χ3n) is 7.50. The van der Waals surface area contributed by atoms with E-state index >= 15 is 0 Å². The molecule has 0 fully saturated rings. The van der Waals surface area contributed by atoms with Crippen LogP contribution < -0.4 is 0 Å². The van der Waals surface area contributed by atoms with Gasteiger partial charge in [0, 0.05) is 11.1 Å². The molecule has 0 aromatic heterocycles. The molecule has 2 N–H and O–H groups in total. The molecule has 2 rings (SSSR count). The number of phenols is 2. The van der Waals surface area contributed by atoms with Gasteiger partial charge in [-0.05, 0) is 66.5 Å². The van der Waals surface area contributed by atoms with Crippen molar-refractivity contribution in [3.63, 3.8) is 0 Å². The van der Waals surface area contributed by atoms with Gasteiger partial charge in [-0.1, -0.05) is 128 Å². The molecule has 37 heavy (non-hydrogen) atoms. The van der Waals surface area contributed by atoms with Crippen LogP contribution in [0.2, 0.25) is 0 Å². The molecule has 0 bridgehead atoms. The molecule has 0 atom stereocenters. The first-order valence-corrected chi connectivity index (χ1v) is 15.0. The second kappa shape index (κ2) is 17.9. The van der Waals surface area contributed by atoms with Crippen LogP contribution in [0.5, 0.6) is 11.5 Å². The van der Waals surface area contributed by atoms with Gasteiger partial charge in [0.05, 0.1) is 0 Å². The van der Waals surface area contributed by atoms with E-state index in [1.54, 1.807) is 12.2 Å². The number of phenolic OH excluding ortho intramolecular Hbond substituents is 2. The van der Waals surface area contributed by atoms with Crippen LogP contribution in [-0.4, -0.2) is 10.2 Å². The predicted octanol–water partition coefficient (Wildman–Crippen LogP) is 10.6. The van der Waals surface area contributed by atoms with E-state index in [2.05, 4.69) is 39.1 Å². The highest BCUT2D eigenvalue weighted by Crippen LogP contribution is 2.31. The van der Waals surface area contributed by atoms with Crippen LogP contribution >= 0.6 is 0 Å². The van der Waals surface area contributed by atoms with Gasteiger partial charge in [-0.3, -0.25) is 0 Å². The van der Waals surface area contributed by atoms with E-state index in [0.717, 1.165) is 54.4 Å². The average Bonchev–Trinajstić information content (AvgIpc) is 2.90. The molecular formula is C35H52O2. The first-order valence-electron chi connectivity index (χ1n) is 15.0. The standard InChI is InChI=1S/C35H52O2/c1-5-9-11-13-15-17-19-21-32-26-28(24-30(7-3)34(32)36)23-29-25-31(8-4)35(37)33(27-29)22-20-18-16-14-12-10-6-2/h7-8,24-27,36-37H,3-6,9-23H2,1-2H3. The Labute approximate surface area is 227 Å². The Kier molecular flexibility index (Phi) is 14.9. The van der Waals surface area contributed by atoms with Crippen LogP contribution in [0.1, 0.15) is 137 Å². The Morgan fingerprint density at radius 3 is 1.24 bits per heavy atom. The SMILES string of the molecule is C=Cc1cc(Cc2cc(C=C)c(O)c(CCCCCCCCC)c2)cc(CCCCCCCCC)c1O. The quantitative estimate of drug-likeness (QED) is 0.176. The van der Waals surface area contributed by atoms with Gasteiger partial charge in [0.2, 0.25) is 0 Å². The van der Waals surface area contributed by atoms with E-state index in [4.69, 9.17) is 0 Å². The lowest BCUT2D eigenvalue weighted by molar-refractivity contribution is 0.464. The molecule has 0 spiro atoms. The van der Waals surface area contributed by atoms with Gasteiger partial charge in [-0.15, -0.1) is 0 Å². The molecule has 0 amide bonds. The fraction of sp³-hybridized carbons (Fsp3) is 0.543. The van der Waals surface area contributed by atoms with Gasteiger partial charge >= 0.3 is 0 Å². The summed E-state index contributed by atoms with van der Waals surface area (Å²) in [4.78, 5) is 0. The third-order valence-corrected chi connectivity index (χ3v) is 7.50. The number of unbranched alkanes of at least 4 members (excludes halogenated alkanes) is 12. The maximum absolute atomic E-state index is 10.8. The van der Waals surface area contributed by atoms with Crippen molar-refractivity contribution in [2.45, 2.75) is 123 Å². The molecule has 0 unspecified atom stereocenters. The fourth-order valence-corrected chi connectivity index (χ4v) is 5.25. The molecular weight excluding hydrogens is 452 g/mol. The van der Waals surface area contributed by atoms with Crippen molar-refractivity contribution in [2.24, 2.45) is 0 Å². The van der Waals surface area contributed by atoms with Crippen LogP contribution in [0.25, 0.3) is 12.2 Å². The van der Waals surface area contributed by atoms with Crippen molar-refractivity contribution in [3.05, 3.63) is 70.8 Å². The van der Waals surface area contributed by atoms with Crippen molar-refractivity contribution >= 4 is 12.2 Å². The van der Waals surface area contributed by atoms with Gasteiger partial charge in [-0.25, -0.2) is 0 Å². The Hall–Kier alpha value is -2.48. The molecule has 0 saturated heterocycles. The van der Waals surface area contributed by atoms with Gasteiger partial charge < -0.3 is 10.2 Å². The fourth-order valence-electron chi connectivity index (χ4n) is 5.25. The van der Waals surface area contributed by atoms with E-state index in [1.807, 2.05) is 12.1 Å². The number of hydrogen-bond acceptors (Lipinski definition) is 2. The zero-order chi connectivity index (χ0) is 26.9. The van der Waals surface area contributed by atoms with Crippen LogP contribution in [-0.2, 0) is 19.3 Å². The Balaban J connectivity index is 2.07. The first-order chi connectivity index (χ1) is 18.0. The largest absolute Gasteiger partial charge is 0.507 e. The molecule has 0 saturated carbocycles. The number of hydrogen-bond donors (Lipinski definition) is 2. The minimum atomic E-state index is 0.377. The summed E-state index contributed by atoms with van der Waals surface area (Å²) in [5.74, 6) is 0.753. The summed E-state index contributed by atoms with van der Waals surface area (Å²) in [5, 5.41) is 21.6. The normalized spacial score (nSPS) is 11.1. The minimum absolute atomic E-state index is 0.377. The van der Waals surface area contributed by atoms with Crippen molar-refractivity contribution in [2.75, 3.05) is 0 Å². The highest BCUT2D eigenvalue weighted by Gasteiger charge is 2.12. The average molecular weight is 505 g/mol. The number of aromatic hydroxyl groups is 2. The Bertz CT molecular complexity index is 879. The highest BCUT2D eigenvalue weighted by atomic mass is 16.3. The molecule has 2 heteroatoms. The van der Waals surface area contributed by atoms with E-state index < -0.39 is 0 Å². The minimum Gasteiger partial charge on any atom is -0.507 e. The van der Waals surface area contributed by atoms with Crippen LogP contribution in [0.15, 0.2) is 37.4 Å². The smallest absolute Gasteiger partial charge is 0.125 e. The predicted molar refractivity (Wildman–Crippen MR) is 163 cm³/mol. The van der Waals surface area contributed by atoms with Gasteiger partial charge in [0.25, 0.3) is 0 Å². The zero-order valence-electron chi connectivity index (χ0n) is 23.8. The molecule has 2 nitrogen and oxygen atoms in total. The molecule has 204 valence electrons. The maximum Gasteiger partial charge on any atom is 0.125 e. The van der Waals surface area contributed by atoms with E-state index in [0.29, 0.717) is 11.5 Å². The summed E-state index contributed by atoms with van der Waals surface area (Å²) in [6.45, 7) is 12.4. The summed E-state index contributed by atoms with van der Waals surface area (Å²) in [5.41, 5.74) is 6.00. The molecule has 0 heterocycles. The molecule has 0 aliphatic rings. The Morgan fingerprint density at radius 2 is 0.892 bits per heavy atom. The highest BCUT2D eigenvalue weighted by molar-refractivity contribution is 5.62. The molecule has 2 aromatic rings. The number of rotatable bonds is 20. The summed E-state index contributed by atoms with van der Waals surface area (Å²) < 4.78 is 0. The van der Waals surface area contributed by atoms with Gasteiger partial charge in [0.1, 0.15) is 11.5 Å². The lowest BCUT2D eigenvalue weighted by Gasteiger charge is -2.14. The second-order valence-electron chi connectivity index (χ2n) is 10.7. The summed E-state index contributed by atoms with van der Waals surface area (Å²) in [7, 11) is 0. The molecule has 2 aromatic carbocycles. The topological polar surface area (TPSA) is 40.5 Å². The monoisotopic (exact) mass is 504 g/mol. The third kappa shape index (κ3) is 10.8. The molecule has 0 radical (unpaired) electrons. The summed E-state index contributed by atoms with van der Waals surface area (Å²) in [6.07, 6.45) is 23.7. The van der Waals surface area contributed by atoms with Gasteiger partial charge in [0.15, 0.2) is 0 Å². The molecule has 0 aliphatic heterocycles. The van der Waals surface area contributed by atoms with Crippen LogP contribution in [0.3, 0.4) is 0 Å². The van der Waals surface area contributed by atoms with Crippen LogP contribution in [0.4, 0.5) is 0 Å². The van der Waals surface area contributed by atoms with E-state index in [1.165, 1.54) is 88.2 Å². The lowest BCUT2D eigenvalue weighted by Crippen LogP contribution is -1.98. The van der Waals surface area contributed by atoms with Crippen molar-refractivity contribution in [1.82, 2.24) is 0 Å². The van der Waals surface area contributed by atoms with Crippen molar-refractivity contribution in [1.29, 1.82) is 0 Å². The van der Waals surface area contributed by atoms with Crippen LogP contribution in [0, 0.1) is 0 Å². The van der Waals surface area contributed by atoms with Crippen molar-refractivity contribution < 1.29 is 10.2 Å². The number of aryl methyl sites for hydroxylation is 2. The zero-order valence-corrected chi connectivity index (χ0v) is 23.8. The summed E-state index contributed by atoms with van der Waals surface area (Å²) >= 11 is 0. The second-order valence-corrected chi connectivity index (χ2v) is 10.7. The lowest BCUT2D eigenvalue weighted by atomic mass is 9.93. The maximum atomic E-state index is 10.8. The first kappa shape index (κ1) is 30.7. The van der Waals surface area contributed by atoms with E-state index in [-0.39, 0.29) is 0 Å². The summed E-state index contributed by atoms with van der Waals surface area (Å²) in [6, 6.07) is 8.42.